The van der Waals surface area contributed by atoms with Crippen molar-refractivity contribution in [3.8, 4) is 16.2 Å². The maximum Gasteiger partial charge on any atom is 0.414 e. The smallest absolute Gasteiger partial charge is 0.414 e. The van der Waals surface area contributed by atoms with Crippen molar-refractivity contribution in [2.24, 2.45) is 5.92 Å². The van der Waals surface area contributed by atoms with Gasteiger partial charge in [0.15, 0.2) is 5.78 Å². The number of fused-ring (bicyclic) bond motifs is 1. The molecule has 234 valence electrons. The van der Waals surface area contributed by atoms with Gasteiger partial charge in [0, 0.05) is 41.1 Å². The number of ketones is 1. The summed E-state index contributed by atoms with van der Waals surface area (Å²) >= 11 is 1.80. The van der Waals surface area contributed by atoms with Crippen molar-refractivity contribution in [2.75, 3.05) is 32.8 Å². The summed E-state index contributed by atoms with van der Waals surface area (Å²) in [7, 11) is 0. The van der Waals surface area contributed by atoms with Gasteiger partial charge in [-0.05, 0) is 78.5 Å². The summed E-state index contributed by atoms with van der Waals surface area (Å²) in [5, 5.41) is 18.9. The van der Waals surface area contributed by atoms with Gasteiger partial charge in [0.25, 0.3) is 0 Å². The number of carboxylic acid groups (broad SMARTS) is 2. The maximum absolute atomic E-state index is 12.8. The number of benzene rings is 3. The molecule has 6 rings (SSSR count). The lowest BCUT2D eigenvalue weighted by atomic mass is 9.95. The highest BCUT2D eigenvalue weighted by molar-refractivity contribution is 7.22. The third-order valence-corrected chi connectivity index (χ3v) is 9.33. The number of rotatable bonds is 10. The van der Waals surface area contributed by atoms with Crippen molar-refractivity contribution in [1.29, 1.82) is 0 Å². The second-order valence-corrected chi connectivity index (χ2v) is 12.4. The lowest BCUT2D eigenvalue weighted by Crippen LogP contribution is -2.25. The molecule has 2 aliphatic rings. The number of ether oxygens (including phenoxy) is 1. The zero-order valence-electron chi connectivity index (χ0n) is 24.9. The third-order valence-electron chi connectivity index (χ3n) is 8.07. The molecule has 0 saturated carbocycles. The summed E-state index contributed by atoms with van der Waals surface area (Å²) < 4.78 is 7.28. The van der Waals surface area contributed by atoms with Crippen molar-refractivity contribution in [3.05, 3.63) is 89.5 Å². The average molecular weight is 629 g/mol. The van der Waals surface area contributed by atoms with Gasteiger partial charge in [0.05, 0.1) is 0 Å². The van der Waals surface area contributed by atoms with Crippen LogP contribution in [-0.4, -0.2) is 71.5 Å². The van der Waals surface area contributed by atoms with Crippen molar-refractivity contribution in [3.63, 3.8) is 0 Å². The quantitative estimate of drug-likeness (QED) is 0.155. The zero-order chi connectivity index (χ0) is 31.8. The Morgan fingerprint density at radius 1 is 0.911 bits per heavy atom. The molecule has 1 amide bonds. The lowest BCUT2D eigenvalue weighted by molar-refractivity contribution is -0.159. The third kappa shape index (κ3) is 8.55. The monoisotopic (exact) mass is 628 g/mol. The van der Waals surface area contributed by atoms with E-state index in [1.54, 1.807) is 11.3 Å². The van der Waals surface area contributed by atoms with Gasteiger partial charge in [-0.2, -0.15) is 0 Å². The molecule has 1 atom stereocenters. The minimum absolute atomic E-state index is 0.0418. The SMILES string of the molecule is O=C(O)C(=O)O.O=C1CC(CC(=O)c2ccc(-c3sc4ccccc4c3Cc3ccc(OCCN4CCCC4)cc3)cc2)CN1. The molecular weight excluding hydrogens is 592 g/mol. The van der Waals surface area contributed by atoms with Crippen LogP contribution in [0.5, 0.6) is 5.75 Å². The minimum Gasteiger partial charge on any atom is -0.492 e. The second-order valence-electron chi connectivity index (χ2n) is 11.3. The van der Waals surface area contributed by atoms with Gasteiger partial charge in [-0.15, -0.1) is 11.3 Å². The Labute approximate surface area is 265 Å². The van der Waals surface area contributed by atoms with Crippen molar-refractivity contribution < 1.29 is 34.1 Å². The molecule has 3 aromatic carbocycles. The van der Waals surface area contributed by atoms with Crippen LogP contribution in [-0.2, 0) is 20.8 Å². The number of hydrogen-bond acceptors (Lipinski definition) is 7. The first-order valence-electron chi connectivity index (χ1n) is 15.1. The zero-order valence-corrected chi connectivity index (χ0v) is 25.7. The van der Waals surface area contributed by atoms with Crippen LogP contribution >= 0.6 is 11.3 Å². The van der Waals surface area contributed by atoms with Crippen LogP contribution < -0.4 is 10.1 Å². The number of likely N-dealkylation sites (tertiary alicyclic amines) is 1. The Balaban J connectivity index is 0.000000609. The second kappa shape index (κ2) is 15.0. The number of Topliss-reactive ketones (excluding diaryl/α,β-unsaturated/α-hetero) is 1. The summed E-state index contributed by atoms with van der Waals surface area (Å²) in [6.07, 6.45) is 4.29. The molecule has 0 radical (unpaired) electrons. The molecule has 2 fully saturated rings. The largest absolute Gasteiger partial charge is 0.492 e. The highest BCUT2D eigenvalue weighted by atomic mass is 32.1. The van der Waals surface area contributed by atoms with E-state index in [1.807, 2.05) is 12.1 Å². The average Bonchev–Trinajstić information content (AvgIpc) is 3.79. The topological polar surface area (TPSA) is 133 Å². The fourth-order valence-corrected chi connectivity index (χ4v) is 6.94. The number of carboxylic acids is 2. The fourth-order valence-electron chi connectivity index (χ4n) is 5.71. The number of aliphatic carboxylic acids is 2. The van der Waals surface area contributed by atoms with E-state index in [4.69, 9.17) is 24.5 Å². The first-order chi connectivity index (χ1) is 21.8. The molecule has 10 heteroatoms. The molecule has 1 unspecified atom stereocenters. The van der Waals surface area contributed by atoms with E-state index in [1.165, 1.54) is 52.0 Å². The standard InChI is InChI=1S/C33H34N2O3S.C2H2O4/c36-30(20-24-21-32(37)34-22-24)25-9-11-26(12-10-25)33-29(28-5-1-2-6-31(28)39-33)19-23-7-13-27(14-8-23)38-18-17-35-15-3-4-16-35;3-1(4)2(5)6/h1-2,5-14,24H,3-4,15-22H2,(H,34,37);(H,3,4)(H,5,6). The van der Waals surface area contributed by atoms with Gasteiger partial charge in [0.2, 0.25) is 5.91 Å². The van der Waals surface area contributed by atoms with Crippen LogP contribution in [0.4, 0.5) is 0 Å². The van der Waals surface area contributed by atoms with E-state index in [0.717, 1.165) is 30.9 Å². The van der Waals surface area contributed by atoms with E-state index in [9.17, 15) is 9.59 Å². The van der Waals surface area contributed by atoms with E-state index in [2.05, 4.69) is 70.9 Å². The molecule has 2 aliphatic heterocycles. The first-order valence-corrected chi connectivity index (χ1v) is 15.9. The number of nitrogens with one attached hydrogen (secondary N) is 1. The van der Waals surface area contributed by atoms with Gasteiger partial charge in [-0.3, -0.25) is 14.5 Å². The Morgan fingerprint density at radius 2 is 1.60 bits per heavy atom. The summed E-state index contributed by atoms with van der Waals surface area (Å²) in [5.74, 6) is -2.49. The fraction of sp³-hybridized carbons (Fsp3) is 0.314. The van der Waals surface area contributed by atoms with Crippen LogP contribution in [0.25, 0.3) is 20.5 Å². The molecule has 3 heterocycles. The van der Waals surface area contributed by atoms with Crippen LogP contribution in [0.3, 0.4) is 0 Å². The lowest BCUT2D eigenvalue weighted by Gasteiger charge is -2.15. The van der Waals surface area contributed by atoms with Crippen molar-refractivity contribution >= 4 is 45.1 Å². The Kier molecular flexibility index (Phi) is 10.6. The molecule has 2 saturated heterocycles. The molecule has 0 aliphatic carbocycles. The molecule has 45 heavy (non-hydrogen) atoms. The van der Waals surface area contributed by atoms with Crippen molar-refractivity contribution in [1.82, 2.24) is 10.2 Å². The normalized spacial score (nSPS) is 16.2. The number of carbonyl (C=O) groups is 4. The summed E-state index contributed by atoms with van der Waals surface area (Å²) in [4.78, 5) is 46.2. The molecule has 0 spiro atoms. The minimum atomic E-state index is -1.82. The Morgan fingerprint density at radius 3 is 2.24 bits per heavy atom. The molecule has 4 aromatic rings. The number of thiophene rings is 1. The molecule has 3 N–H and O–H groups in total. The van der Waals surface area contributed by atoms with E-state index >= 15 is 0 Å². The van der Waals surface area contributed by atoms with Gasteiger partial charge >= 0.3 is 11.9 Å². The Hall–Kier alpha value is -4.54. The van der Waals surface area contributed by atoms with Gasteiger partial charge in [-0.1, -0.05) is 54.6 Å². The summed E-state index contributed by atoms with van der Waals surface area (Å²) in [6.45, 7) is 4.71. The first kappa shape index (κ1) is 31.9. The maximum atomic E-state index is 12.8. The van der Waals surface area contributed by atoms with Gasteiger partial charge in [0.1, 0.15) is 12.4 Å². The molecular formula is C35H36N2O7S. The predicted molar refractivity (Wildman–Crippen MR) is 173 cm³/mol. The number of amides is 1. The summed E-state index contributed by atoms with van der Waals surface area (Å²) in [6, 6.07) is 25.1. The summed E-state index contributed by atoms with van der Waals surface area (Å²) in [5.41, 5.74) is 4.40. The van der Waals surface area contributed by atoms with Crippen LogP contribution in [0.2, 0.25) is 0 Å². The number of hydrogen-bond donors (Lipinski definition) is 3. The Bertz CT molecular complexity index is 1650. The highest BCUT2D eigenvalue weighted by Crippen LogP contribution is 2.40. The van der Waals surface area contributed by atoms with Gasteiger partial charge < -0.3 is 20.3 Å². The number of nitrogens with zero attached hydrogens (tertiary/aromatic N) is 1. The highest BCUT2D eigenvalue weighted by Gasteiger charge is 2.24. The van der Waals surface area contributed by atoms with E-state index in [-0.39, 0.29) is 17.6 Å². The number of carbonyl (C=O) groups excluding carboxylic acids is 2. The van der Waals surface area contributed by atoms with Crippen LogP contribution in [0, 0.1) is 5.92 Å². The van der Waals surface area contributed by atoms with Crippen molar-refractivity contribution in [2.45, 2.75) is 32.1 Å². The van der Waals surface area contributed by atoms with Gasteiger partial charge in [-0.25, -0.2) is 9.59 Å². The predicted octanol–water partition coefficient (Wildman–Crippen LogP) is 5.50. The molecule has 0 bridgehead atoms. The molecule has 9 nitrogen and oxygen atoms in total. The van der Waals surface area contributed by atoms with E-state index < -0.39 is 11.9 Å². The molecule has 1 aromatic heterocycles. The van der Waals surface area contributed by atoms with E-state index in [0.29, 0.717) is 24.9 Å². The van der Waals surface area contributed by atoms with Crippen LogP contribution in [0.15, 0.2) is 72.8 Å². The van der Waals surface area contributed by atoms with Crippen LogP contribution in [0.1, 0.15) is 47.2 Å².